The molecule has 1 aromatic heterocycles. The first-order valence-electron chi connectivity index (χ1n) is 14.3. The zero-order valence-electron chi connectivity index (χ0n) is 23.4. The van der Waals surface area contributed by atoms with E-state index in [1.165, 1.54) is 64.9 Å². The Labute approximate surface area is 258 Å². The number of fused-ring (bicyclic) bond motifs is 6. The molecule has 0 saturated heterocycles. The van der Waals surface area contributed by atoms with Crippen LogP contribution in [0.3, 0.4) is 0 Å². The van der Waals surface area contributed by atoms with E-state index in [0.29, 0.717) is 0 Å². The van der Waals surface area contributed by atoms with Crippen molar-refractivity contribution >= 4 is 64.5 Å². The fraction of sp³-hybridized carbons (Fsp3) is 0.0769. The number of rotatable bonds is 4. The first kappa shape index (κ1) is 25.5. The van der Waals surface area contributed by atoms with E-state index in [1.54, 1.807) is 0 Å². The van der Waals surface area contributed by atoms with E-state index in [1.807, 2.05) is 11.3 Å². The van der Waals surface area contributed by atoms with Crippen molar-refractivity contribution < 1.29 is 0 Å². The summed E-state index contributed by atoms with van der Waals surface area (Å²) in [5, 5.41) is 2.63. The van der Waals surface area contributed by atoms with E-state index in [-0.39, 0.29) is 5.41 Å². The van der Waals surface area contributed by atoms with Crippen LogP contribution in [0.2, 0.25) is 0 Å². The minimum absolute atomic E-state index is 0.182. The molecule has 0 radical (unpaired) electrons. The van der Waals surface area contributed by atoms with E-state index in [2.05, 4.69) is 168 Å². The van der Waals surface area contributed by atoms with Gasteiger partial charge in [0.05, 0.1) is 5.69 Å². The quantitative estimate of drug-likeness (QED) is 0.189. The molecule has 1 nitrogen and oxygen atoms in total. The lowest BCUT2D eigenvalue weighted by Crippen LogP contribution is -2.20. The average molecular weight is 623 g/mol. The third-order valence-corrected chi connectivity index (χ3v) is 10.4. The van der Waals surface area contributed by atoms with Gasteiger partial charge in [-0.25, -0.2) is 0 Å². The van der Waals surface area contributed by atoms with Gasteiger partial charge in [0, 0.05) is 41.4 Å². The highest BCUT2D eigenvalue weighted by Gasteiger charge is 2.39. The third-order valence-electron chi connectivity index (χ3n) is 8.70. The second kappa shape index (κ2) is 9.69. The smallest absolute Gasteiger partial charge is 0.0508 e. The highest BCUT2D eigenvalue weighted by atomic mass is 79.9. The first-order chi connectivity index (χ1) is 20.5. The van der Waals surface area contributed by atoms with Gasteiger partial charge in [0.25, 0.3) is 0 Å². The molecule has 0 fully saturated rings. The summed E-state index contributed by atoms with van der Waals surface area (Å²) >= 11 is 5.45. The molecule has 202 valence electrons. The number of nitrogens with zero attached hydrogens (tertiary/aromatic N) is 1. The van der Waals surface area contributed by atoms with Crippen LogP contribution in [0.15, 0.2) is 138 Å². The van der Waals surface area contributed by atoms with Crippen LogP contribution < -0.4 is 4.90 Å². The maximum absolute atomic E-state index is 3.58. The molecule has 0 saturated carbocycles. The molecular weight excluding hydrogens is 594 g/mol. The molecule has 0 atom stereocenters. The monoisotopic (exact) mass is 621 g/mol. The van der Waals surface area contributed by atoms with Gasteiger partial charge in [-0.3, -0.25) is 0 Å². The number of hydrogen-bond donors (Lipinski definition) is 0. The van der Waals surface area contributed by atoms with Crippen LogP contribution in [0.5, 0.6) is 0 Å². The lowest BCUT2D eigenvalue weighted by atomic mass is 9.80. The van der Waals surface area contributed by atoms with E-state index in [4.69, 9.17) is 0 Å². The molecule has 6 aromatic carbocycles. The number of hydrogen-bond acceptors (Lipinski definition) is 2. The van der Waals surface area contributed by atoms with Crippen LogP contribution in [-0.4, -0.2) is 0 Å². The second-order valence-corrected chi connectivity index (χ2v) is 13.5. The minimum Gasteiger partial charge on any atom is -0.310 e. The van der Waals surface area contributed by atoms with Crippen LogP contribution in [0, 0.1) is 0 Å². The lowest BCUT2D eigenvalue weighted by molar-refractivity contribution is 0.661. The molecular formula is C39H28BrNS. The summed E-state index contributed by atoms with van der Waals surface area (Å²) in [5.74, 6) is 0. The van der Waals surface area contributed by atoms with Gasteiger partial charge in [0.2, 0.25) is 0 Å². The Morgan fingerprint density at radius 1 is 0.571 bits per heavy atom. The summed E-state index contributed by atoms with van der Waals surface area (Å²) < 4.78 is 3.74. The van der Waals surface area contributed by atoms with Crippen LogP contribution in [0.4, 0.5) is 17.1 Å². The summed E-state index contributed by atoms with van der Waals surface area (Å²) in [6.45, 7) is 4.76. The standard InChI is InChI=1S/C39H28BrNS/c1-39(2)34-23-26(25-15-18-27(40)19-16-25)17-21-30(34)32-12-8-13-35(38(32)39)41(28-9-4-3-5-10-28)29-20-22-37-33(24-29)31-11-6-7-14-36(31)42-37/h3-24H,1-2H3. The Morgan fingerprint density at radius 3 is 2.14 bits per heavy atom. The van der Waals surface area contributed by atoms with E-state index < -0.39 is 0 Å². The molecule has 7 aromatic rings. The van der Waals surface area contributed by atoms with Gasteiger partial charge in [0.15, 0.2) is 0 Å². The van der Waals surface area contributed by atoms with Crippen LogP contribution in [0.25, 0.3) is 42.4 Å². The molecule has 1 aliphatic rings. The second-order valence-electron chi connectivity index (χ2n) is 11.5. The Balaban J connectivity index is 1.33. The zero-order chi connectivity index (χ0) is 28.4. The van der Waals surface area contributed by atoms with Crippen molar-refractivity contribution in [1.29, 1.82) is 0 Å². The maximum atomic E-state index is 3.58. The van der Waals surface area contributed by atoms with Crippen molar-refractivity contribution in [2.24, 2.45) is 0 Å². The number of thiophene rings is 1. The van der Waals surface area contributed by atoms with Gasteiger partial charge in [-0.05, 0) is 94.0 Å². The van der Waals surface area contributed by atoms with Crippen molar-refractivity contribution in [3.05, 3.63) is 149 Å². The molecule has 1 heterocycles. The first-order valence-corrected chi connectivity index (χ1v) is 15.9. The highest BCUT2D eigenvalue weighted by molar-refractivity contribution is 9.10. The fourth-order valence-corrected chi connectivity index (χ4v) is 8.07. The number of benzene rings is 6. The predicted octanol–water partition coefficient (Wildman–Crippen LogP) is 12.3. The van der Waals surface area contributed by atoms with Crippen molar-refractivity contribution in [3.8, 4) is 22.3 Å². The molecule has 0 bridgehead atoms. The largest absolute Gasteiger partial charge is 0.310 e. The van der Waals surface area contributed by atoms with Crippen LogP contribution in [0.1, 0.15) is 25.0 Å². The third kappa shape index (κ3) is 3.95. The minimum atomic E-state index is -0.182. The van der Waals surface area contributed by atoms with Crippen LogP contribution >= 0.6 is 27.3 Å². The van der Waals surface area contributed by atoms with Crippen LogP contribution in [-0.2, 0) is 5.41 Å². The van der Waals surface area contributed by atoms with Gasteiger partial charge < -0.3 is 4.90 Å². The molecule has 0 amide bonds. The van der Waals surface area contributed by atoms with Crippen molar-refractivity contribution in [2.75, 3.05) is 4.90 Å². The summed E-state index contributed by atoms with van der Waals surface area (Å²) in [4.78, 5) is 2.45. The Hall–Kier alpha value is -4.18. The Morgan fingerprint density at radius 2 is 1.31 bits per heavy atom. The molecule has 42 heavy (non-hydrogen) atoms. The van der Waals surface area contributed by atoms with E-state index in [0.717, 1.165) is 10.2 Å². The summed E-state index contributed by atoms with van der Waals surface area (Å²) in [7, 11) is 0. The van der Waals surface area contributed by atoms with Crippen molar-refractivity contribution in [1.82, 2.24) is 0 Å². The predicted molar refractivity (Wildman–Crippen MR) is 185 cm³/mol. The summed E-state index contributed by atoms with van der Waals surface area (Å²) in [6, 6.07) is 48.9. The fourth-order valence-electron chi connectivity index (χ4n) is 6.72. The van der Waals surface area contributed by atoms with E-state index in [9.17, 15) is 0 Å². The van der Waals surface area contributed by atoms with E-state index >= 15 is 0 Å². The van der Waals surface area contributed by atoms with Gasteiger partial charge in [-0.1, -0.05) is 103 Å². The molecule has 0 unspecified atom stereocenters. The maximum Gasteiger partial charge on any atom is 0.0508 e. The topological polar surface area (TPSA) is 3.24 Å². The lowest BCUT2D eigenvalue weighted by Gasteiger charge is -2.32. The zero-order valence-corrected chi connectivity index (χ0v) is 25.8. The van der Waals surface area contributed by atoms with Crippen molar-refractivity contribution in [2.45, 2.75) is 19.3 Å². The molecule has 0 N–H and O–H groups in total. The molecule has 3 heteroatoms. The molecule has 0 aliphatic heterocycles. The number of halogens is 1. The molecule has 0 spiro atoms. The molecule has 1 aliphatic carbocycles. The number of para-hydroxylation sites is 1. The molecule has 8 rings (SSSR count). The SMILES string of the molecule is CC1(C)c2cc(-c3ccc(Br)cc3)ccc2-c2cccc(N(c3ccccc3)c3ccc4sc5ccccc5c4c3)c21. The Kier molecular flexibility index (Phi) is 5.89. The number of anilines is 3. The van der Waals surface area contributed by atoms with Gasteiger partial charge in [0.1, 0.15) is 0 Å². The van der Waals surface area contributed by atoms with Crippen molar-refractivity contribution in [3.63, 3.8) is 0 Å². The average Bonchev–Trinajstić information content (AvgIpc) is 3.50. The summed E-state index contributed by atoms with van der Waals surface area (Å²) in [6.07, 6.45) is 0. The van der Waals surface area contributed by atoms with Gasteiger partial charge in [-0.2, -0.15) is 0 Å². The Bertz CT molecular complexity index is 2120. The van der Waals surface area contributed by atoms with Gasteiger partial charge >= 0.3 is 0 Å². The normalized spacial score (nSPS) is 13.3. The highest BCUT2D eigenvalue weighted by Crippen LogP contribution is 2.55. The summed E-state index contributed by atoms with van der Waals surface area (Å²) in [5.41, 5.74) is 11.2. The van der Waals surface area contributed by atoms with Gasteiger partial charge in [-0.15, -0.1) is 11.3 Å².